The number of aliphatic carboxylic acids is 4. The van der Waals surface area contributed by atoms with Gasteiger partial charge in [-0.2, -0.15) is 12.6 Å². The van der Waals surface area contributed by atoms with Gasteiger partial charge in [-0.25, -0.2) is 4.79 Å². The van der Waals surface area contributed by atoms with Crippen molar-refractivity contribution in [2.75, 3.05) is 73.4 Å². The van der Waals surface area contributed by atoms with Gasteiger partial charge >= 0.3 is 29.9 Å². The molecule has 1 heterocycles. The van der Waals surface area contributed by atoms with Gasteiger partial charge in [-0.15, -0.1) is 0 Å². The fourth-order valence-electron chi connectivity index (χ4n) is 13.3. The van der Waals surface area contributed by atoms with E-state index in [1.807, 2.05) is 12.1 Å². The molecule has 0 aromatic heterocycles. The van der Waals surface area contributed by atoms with E-state index in [4.69, 9.17) is 5.73 Å². The van der Waals surface area contributed by atoms with Gasteiger partial charge in [-0.1, -0.05) is 77.5 Å². The van der Waals surface area contributed by atoms with E-state index in [2.05, 4.69) is 81.3 Å². The van der Waals surface area contributed by atoms with Crippen LogP contribution in [0.4, 0.5) is 21.9 Å². The predicted octanol–water partition coefficient (Wildman–Crippen LogP) is -6.33. The molecule has 2 aliphatic rings. The minimum atomic E-state index is -2.17. The quantitative estimate of drug-likeness (QED) is 0.0216. The number of aliphatic hydroxyl groups excluding tert-OH is 10. The van der Waals surface area contributed by atoms with Crippen LogP contribution in [0.2, 0.25) is 0 Å². The van der Waals surface area contributed by atoms with E-state index in [-0.39, 0.29) is 81.4 Å². The molecule has 2 aromatic rings. The summed E-state index contributed by atoms with van der Waals surface area (Å²) in [6.07, 6.45) is -18.2. The average Bonchev–Trinajstić information content (AvgIpc) is 1.62. The molecule has 0 unspecified atom stereocenters. The van der Waals surface area contributed by atoms with E-state index in [9.17, 15) is 153 Å². The number of carboxylic acid groups (broad SMARTS) is 4. The average molecular weight is 1920 g/mol. The van der Waals surface area contributed by atoms with Crippen LogP contribution in [0.5, 0.6) is 0 Å². The molecule has 1 fully saturated rings. The van der Waals surface area contributed by atoms with Crippen molar-refractivity contribution in [1.29, 1.82) is 0 Å². The molecule has 128 heavy (non-hydrogen) atoms. The second-order valence-electron chi connectivity index (χ2n) is 32.0. The van der Waals surface area contributed by atoms with Crippen molar-refractivity contribution >= 4 is 130 Å². The summed E-state index contributed by atoms with van der Waals surface area (Å²) in [4.78, 5) is 230. The number of anilines is 3. The molecule has 0 saturated heterocycles. The molecule has 0 spiro atoms. The van der Waals surface area contributed by atoms with Gasteiger partial charge in [0.05, 0.1) is 56.2 Å². The normalized spacial score (nSPS) is 16.9. The number of rotatable bonds is 57. The van der Waals surface area contributed by atoms with Crippen molar-refractivity contribution in [2.24, 2.45) is 11.1 Å². The molecule has 1 saturated carbocycles. The Bertz CT molecular complexity index is 4050. The maximum atomic E-state index is 14.6. The third-order valence-electron chi connectivity index (χ3n) is 20.8. The molecule has 717 valence electrons. The van der Waals surface area contributed by atoms with Crippen LogP contribution < -0.4 is 79.3 Å². The molecular weight excluding hydrogens is 1800 g/mol. The van der Waals surface area contributed by atoms with Crippen LogP contribution >= 0.6 is 12.6 Å². The minimum absolute atomic E-state index is 0. The molecule has 0 bridgehead atoms. The zero-order chi connectivity index (χ0) is 94.9. The number of benzene rings is 2. The van der Waals surface area contributed by atoms with Gasteiger partial charge in [0.2, 0.25) is 53.2 Å². The summed E-state index contributed by atoms with van der Waals surface area (Å²) in [5.41, 5.74) is 7.03. The number of thiol groups is 1. The van der Waals surface area contributed by atoms with E-state index in [1.165, 1.54) is 17.0 Å². The molecule has 28 N–H and O–H groups in total. The van der Waals surface area contributed by atoms with Crippen molar-refractivity contribution in [1.82, 2.24) is 58.5 Å². The number of Topliss-reactive ketones (excluding diaryl/α,β-unsaturated/α-hetero) is 1. The summed E-state index contributed by atoms with van der Waals surface area (Å²) in [5.74, 6) is -18.4. The molecular formula is C80H123N15O31STc. The topological polar surface area (TPSA) is 750 Å². The van der Waals surface area contributed by atoms with Crippen LogP contribution in [-0.4, -0.2) is 334 Å². The third kappa shape index (κ3) is 39.4. The Morgan fingerprint density at radius 1 is 0.492 bits per heavy atom. The molecule has 1 aliphatic heterocycles. The Hall–Kier alpha value is -10.2. The number of ketones is 1. The Labute approximate surface area is 755 Å². The second-order valence-corrected chi connectivity index (χ2v) is 32.3. The van der Waals surface area contributed by atoms with Crippen molar-refractivity contribution in [3.63, 3.8) is 0 Å². The Morgan fingerprint density at radius 3 is 1.46 bits per heavy atom. The van der Waals surface area contributed by atoms with Gasteiger partial charge in [0.15, 0.2) is 5.78 Å². The fourth-order valence-corrected chi connectivity index (χ4v) is 13.5. The summed E-state index contributed by atoms with van der Waals surface area (Å²) in [5, 5.41) is 166. The number of nitrogens with two attached hydrogens (primary N) is 1. The number of hydrogen-bond acceptors (Lipinski definition) is 30. The molecule has 2 aromatic carbocycles. The van der Waals surface area contributed by atoms with Crippen LogP contribution in [0.15, 0.2) is 48.5 Å². The molecule has 16 atom stereocenters. The van der Waals surface area contributed by atoms with Crippen LogP contribution in [0, 0.1) is 5.41 Å². The van der Waals surface area contributed by atoms with Crippen molar-refractivity contribution < 1.29 is 173 Å². The number of nitrogens with zero attached hydrogens (tertiary/aromatic N) is 2. The number of nitrogens with one attached hydrogen (secondary N) is 12. The second kappa shape index (κ2) is 57.0. The summed E-state index contributed by atoms with van der Waals surface area (Å²) in [6, 6.07) is -1.13. The number of hydrogen-bond donors (Lipinski definition) is 28. The van der Waals surface area contributed by atoms with Gasteiger partial charge in [-0.05, 0) is 81.7 Å². The summed E-state index contributed by atoms with van der Waals surface area (Å²) in [7, 11) is 0. The molecule has 1 aliphatic carbocycles. The predicted molar refractivity (Wildman–Crippen MR) is 451 cm³/mol. The van der Waals surface area contributed by atoms with Crippen LogP contribution in [-0.2, 0) is 92.0 Å². The van der Waals surface area contributed by atoms with Gasteiger partial charge in [-0.3, -0.25) is 76.7 Å². The van der Waals surface area contributed by atoms with Crippen molar-refractivity contribution in [2.45, 2.75) is 259 Å². The molecule has 48 heteroatoms. The van der Waals surface area contributed by atoms with E-state index in [0.29, 0.717) is 31.4 Å². The summed E-state index contributed by atoms with van der Waals surface area (Å²) < 4.78 is 0. The van der Waals surface area contributed by atoms with Crippen molar-refractivity contribution in [3.8, 4) is 0 Å². The monoisotopic (exact) mass is 1920 g/mol. The van der Waals surface area contributed by atoms with Crippen LogP contribution in [0.1, 0.15) is 166 Å². The largest absolute Gasteiger partial charge is 0.481 e. The summed E-state index contributed by atoms with van der Waals surface area (Å²) in [6.45, 7) is 0.628. The zero-order valence-electron chi connectivity index (χ0n) is 71.1. The number of amides is 13. The Balaban J connectivity index is 0.0000422. The number of unbranched alkanes of at least 4 members (excludes halogenated alkanes) is 4. The first-order valence-electron chi connectivity index (χ1n) is 41.6. The van der Waals surface area contributed by atoms with E-state index < -0.39 is 295 Å². The first-order chi connectivity index (χ1) is 59.9. The van der Waals surface area contributed by atoms with Gasteiger partial charge in [0, 0.05) is 119 Å². The number of carbonyl (C=O) groups excluding carboxylic acids is 13. The van der Waals surface area contributed by atoms with E-state index >= 15 is 0 Å². The van der Waals surface area contributed by atoms with Gasteiger partial charge < -0.3 is 151 Å². The van der Waals surface area contributed by atoms with Gasteiger partial charge in [0.25, 0.3) is 11.8 Å². The van der Waals surface area contributed by atoms with Crippen molar-refractivity contribution in [3.05, 3.63) is 54.1 Å². The number of carboxylic acids is 4. The SMILES string of the molecule is CC(C)(C)C(=O)CN1C(=O)[C@H](NC(=O)Nc2cccc(C(=O)NCCCCCCCC(=O)N[C@H](CCC(=O)O)C(=O)N[C@H](CCC(=O)NC[C@H](O)[C@@H](O)[C@H](O)[C@H](O)CO)C(=O)N[C@H](CCC(=O)O)C(=O)N[C@H](CCC(=O)NC[C@H](O)[C@@H](O)[C@H](O)[C@H](O)CO)C(=O)NC[C@H](N)C(=O)N[C@@H](CC(=O)O)C(=O)N[C@@H](CS)CC(=O)O)c2)CN(C2CCCCC2)c2ccccc21.[99Tc]. The van der Waals surface area contributed by atoms with E-state index in [1.54, 1.807) is 45.0 Å². The number of aliphatic hydroxyl groups is 10. The number of fused-ring (bicyclic) bond motifs is 1. The number of para-hydroxylation sites is 2. The maximum Gasteiger partial charge on any atom is 0.319 e. The first kappa shape index (κ1) is 112. The standard InChI is InChI=1S/C80H123N15O31S.Tc/c1-80(2,3)59(102)38-95-54-20-12-11-19-53(54)94(45-17-8-7-9-18-45)37-52(78(95)125)93-79(126)87-43-16-14-15-42(31-43)71(118)82-30-13-6-4-5-10-21-62(105)88-48(24-28-63(106)107)74(121)90-49(23-27-61(104)84-36-56(99)68(115)70(117)58(101)40-97)75(122)91-50(25-29-64(108)109)76(123)89-47(22-26-60(103)83-35-55(98)67(114)69(116)57(100)39-96)73(120)85-34-46(81)72(119)92-51(33-66(112)113)77(124)86-44(41-127)32-65(110)111;/h11-12,14-16,19-20,31,44-52,55-58,67-70,96-101,114-117,127H,4-10,13,17-18,21-30,32-41,81H2,1-3H3,(H,82,118)(H,83,103)(H,84,104)(H,85,120)(H,86,124)(H,88,105)(H,89,123)(H,90,121)(H,91,122)(H,92,119)(H,106,107)(H,108,109)(H,110,111)(H,112,113)(H2,87,93,126);/t44-,46+,47-,48-,49-,50-,51+,52-,55+,56+,57-,58-,67-,68-,69-,70-;/m1./s1/i;1+1. The van der Waals surface area contributed by atoms with Crippen LogP contribution in [0.25, 0.3) is 0 Å². The molecule has 4 rings (SSSR count). The van der Waals surface area contributed by atoms with Crippen LogP contribution in [0.3, 0.4) is 0 Å². The molecule has 46 nitrogen and oxygen atoms in total. The fraction of sp³-hybridized carbons (Fsp3) is 0.637. The summed E-state index contributed by atoms with van der Waals surface area (Å²) >= 11 is 3.97. The van der Waals surface area contributed by atoms with Gasteiger partial charge in [0.1, 0.15) is 78.9 Å². The van der Waals surface area contributed by atoms with E-state index in [0.717, 1.165) is 37.8 Å². The molecule has 1 radical (unpaired) electrons. The first-order valence-corrected chi connectivity index (χ1v) is 42.2. The number of carbonyl (C=O) groups is 17. The Morgan fingerprint density at radius 2 is 0.961 bits per heavy atom. The minimum Gasteiger partial charge on any atom is -0.481 e. The zero-order valence-corrected chi connectivity index (χ0v) is 73.9. The maximum absolute atomic E-state index is 14.6. The smallest absolute Gasteiger partial charge is 0.319 e. The molecule has 13 amide bonds. The number of urea groups is 1. The third-order valence-corrected chi connectivity index (χ3v) is 21.2. The Kier molecular flexibility index (Phi) is 49.8.